The van der Waals surface area contributed by atoms with Gasteiger partial charge in [-0.1, -0.05) is 45.5 Å². The van der Waals surface area contributed by atoms with Gasteiger partial charge in [0.25, 0.3) is 0 Å². The van der Waals surface area contributed by atoms with Gasteiger partial charge in [-0.2, -0.15) is 0 Å². The van der Waals surface area contributed by atoms with Crippen molar-refractivity contribution in [2.45, 2.75) is 77.2 Å². The molecule has 37 heavy (non-hydrogen) atoms. The molecule has 9 heteroatoms. The lowest BCUT2D eigenvalue weighted by Crippen LogP contribution is -2.63. The Morgan fingerprint density at radius 3 is 2.84 bits per heavy atom. The van der Waals surface area contributed by atoms with Crippen LogP contribution in [0, 0.1) is 34.0 Å². The maximum atomic E-state index is 13.5. The van der Waals surface area contributed by atoms with Gasteiger partial charge in [0.05, 0.1) is 17.2 Å². The first kappa shape index (κ1) is 26.2. The van der Waals surface area contributed by atoms with Gasteiger partial charge in [-0.25, -0.2) is 9.97 Å². The van der Waals surface area contributed by atoms with Gasteiger partial charge in [-0.3, -0.25) is 9.59 Å². The Morgan fingerprint density at radius 2 is 2.11 bits per heavy atom. The van der Waals surface area contributed by atoms with Gasteiger partial charge in [0, 0.05) is 29.4 Å². The molecule has 5 rings (SSSR count). The second-order valence-corrected chi connectivity index (χ2v) is 12.9. The third-order valence-corrected chi connectivity index (χ3v) is 11.1. The Kier molecular flexibility index (Phi) is 6.46. The highest BCUT2D eigenvalue weighted by atomic mass is 32.2. The van der Waals surface area contributed by atoms with E-state index >= 15 is 0 Å². The zero-order valence-corrected chi connectivity index (χ0v) is 22.9. The van der Waals surface area contributed by atoms with E-state index in [1.165, 1.54) is 11.8 Å². The molecule has 0 aromatic carbocycles. The van der Waals surface area contributed by atoms with Crippen LogP contribution in [-0.2, 0) is 14.3 Å². The third kappa shape index (κ3) is 3.92. The summed E-state index contributed by atoms with van der Waals surface area (Å²) in [6, 6.07) is 1.81. The van der Waals surface area contributed by atoms with Gasteiger partial charge in [0.2, 0.25) is 0 Å². The molecule has 3 fully saturated rings. The molecule has 2 aromatic rings. The monoisotopic (exact) mass is 526 g/mol. The van der Waals surface area contributed by atoms with E-state index < -0.39 is 29.0 Å². The van der Waals surface area contributed by atoms with Crippen molar-refractivity contribution in [3.63, 3.8) is 0 Å². The van der Waals surface area contributed by atoms with Crippen molar-refractivity contribution >= 4 is 40.4 Å². The number of ketones is 1. The summed E-state index contributed by atoms with van der Waals surface area (Å²) in [7, 11) is 0. The van der Waals surface area contributed by atoms with Crippen molar-refractivity contribution in [3.8, 4) is 0 Å². The van der Waals surface area contributed by atoms with Crippen LogP contribution in [0.3, 0.4) is 0 Å². The van der Waals surface area contributed by atoms with Gasteiger partial charge < -0.3 is 20.6 Å². The molecular formula is C28H38N4O4S. The standard InChI is InChI=1S/C28H38N4O4S/c1-6-26(4)13-19(36-20(34)14-37-25-31-23(29)17-9-12-30-24(17)32-25)27(5)15(2)7-10-28(16(3)22(26)35)11-8-18(33)21(27)28/h6,9,12,15-16,19,21-22,35H,1,7-8,10-11,13-14H2,2-5H3,(H3,29,30,31,32)/t15-,16+,19-,21+,22+,26-,27+,28+/m1/s1. The number of esters is 1. The zero-order valence-electron chi connectivity index (χ0n) is 22.1. The molecule has 4 N–H and O–H groups in total. The quantitative estimate of drug-likeness (QED) is 0.224. The minimum Gasteiger partial charge on any atom is -0.461 e. The fraction of sp³-hybridized carbons (Fsp3) is 0.643. The van der Waals surface area contributed by atoms with Crippen LogP contribution in [0.25, 0.3) is 11.0 Å². The molecule has 3 saturated carbocycles. The number of ether oxygens (including phenoxy) is 1. The Bertz CT molecular complexity index is 1250. The van der Waals surface area contributed by atoms with E-state index in [-0.39, 0.29) is 34.7 Å². The number of aromatic amines is 1. The number of aromatic nitrogens is 3. The van der Waals surface area contributed by atoms with Crippen LogP contribution in [0.15, 0.2) is 30.1 Å². The van der Waals surface area contributed by atoms with Crippen molar-refractivity contribution in [1.82, 2.24) is 15.0 Å². The second kappa shape index (κ2) is 9.12. The van der Waals surface area contributed by atoms with Crippen LogP contribution in [0.4, 0.5) is 5.82 Å². The Morgan fingerprint density at radius 1 is 1.35 bits per heavy atom. The van der Waals surface area contributed by atoms with Crippen molar-refractivity contribution < 1.29 is 19.4 Å². The Balaban J connectivity index is 1.45. The predicted molar refractivity (Wildman–Crippen MR) is 144 cm³/mol. The van der Waals surface area contributed by atoms with E-state index in [0.29, 0.717) is 29.5 Å². The second-order valence-electron chi connectivity index (χ2n) is 12.0. The topological polar surface area (TPSA) is 131 Å². The lowest BCUT2D eigenvalue weighted by Gasteiger charge is -2.61. The summed E-state index contributed by atoms with van der Waals surface area (Å²) in [5, 5.41) is 12.8. The molecule has 3 aliphatic rings. The van der Waals surface area contributed by atoms with Crippen LogP contribution in [0.1, 0.15) is 59.8 Å². The number of Topliss-reactive ketones (excluding diaryl/α,β-unsaturated/α-hetero) is 1. The molecule has 2 aromatic heterocycles. The summed E-state index contributed by atoms with van der Waals surface area (Å²) in [5.41, 5.74) is 5.18. The van der Waals surface area contributed by atoms with E-state index in [1.807, 2.05) is 19.1 Å². The number of hydrogen-bond acceptors (Lipinski definition) is 8. The van der Waals surface area contributed by atoms with Gasteiger partial charge >= 0.3 is 5.97 Å². The number of nitrogens with zero attached hydrogens (tertiary/aromatic N) is 2. The number of carbonyl (C=O) groups is 2. The lowest BCUT2D eigenvalue weighted by atomic mass is 9.44. The Hall–Kier alpha value is -2.39. The minimum atomic E-state index is -0.684. The van der Waals surface area contributed by atoms with E-state index in [1.54, 1.807) is 6.20 Å². The van der Waals surface area contributed by atoms with Crippen LogP contribution in [0.5, 0.6) is 0 Å². The van der Waals surface area contributed by atoms with Crippen LogP contribution in [0.2, 0.25) is 0 Å². The summed E-state index contributed by atoms with van der Waals surface area (Å²) >= 11 is 1.17. The maximum Gasteiger partial charge on any atom is 0.316 e. The number of aliphatic hydroxyl groups is 1. The number of nitrogens with one attached hydrogen (secondary N) is 1. The van der Waals surface area contributed by atoms with Gasteiger partial charge in [-0.15, -0.1) is 6.58 Å². The molecule has 2 bridgehead atoms. The average molecular weight is 527 g/mol. The van der Waals surface area contributed by atoms with Crippen molar-refractivity contribution in [2.24, 2.45) is 34.0 Å². The number of carbonyl (C=O) groups excluding carboxylic acids is 2. The smallest absolute Gasteiger partial charge is 0.316 e. The number of H-pyrrole nitrogens is 1. The van der Waals surface area contributed by atoms with E-state index in [0.717, 1.165) is 24.6 Å². The molecule has 8 atom stereocenters. The summed E-state index contributed by atoms with van der Waals surface area (Å²) in [5.74, 6) is 0.102. The molecule has 0 radical (unpaired) electrons. The number of rotatable bonds is 5. The third-order valence-electron chi connectivity index (χ3n) is 10.3. The normalized spacial score (nSPS) is 39.6. The number of hydrogen-bond donors (Lipinski definition) is 3. The maximum absolute atomic E-state index is 13.5. The summed E-state index contributed by atoms with van der Waals surface area (Å²) in [6.07, 6.45) is 5.89. The van der Waals surface area contributed by atoms with Crippen molar-refractivity contribution in [1.29, 1.82) is 0 Å². The highest BCUT2D eigenvalue weighted by molar-refractivity contribution is 7.99. The first-order valence-electron chi connectivity index (χ1n) is 13.2. The molecule has 0 saturated heterocycles. The molecule has 3 aliphatic carbocycles. The number of thioether (sulfide) groups is 1. The molecule has 200 valence electrons. The summed E-state index contributed by atoms with van der Waals surface area (Å²) in [6.45, 7) is 12.5. The first-order chi connectivity index (χ1) is 17.5. The summed E-state index contributed by atoms with van der Waals surface area (Å²) < 4.78 is 6.28. The number of nitrogens with two attached hydrogens (primary N) is 1. The number of fused-ring (bicyclic) bond motifs is 1. The minimum absolute atomic E-state index is 0.0140. The van der Waals surface area contributed by atoms with Gasteiger partial charge in [0.1, 0.15) is 23.4 Å². The molecule has 0 unspecified atom stereocenters. The van der Waals surface area contributed by atoms with E-state index in [4.69, 9.17) is 10.5 Å². The SMILES string of the molecule is C=C[C@]1(C)C[C@@H](OC(=O)CSc2nc(N)c3cc[nH]c3n2)[C@]2(C)[C@H](C)CC[C@]3(CCC(=O)[C@H]32)[C@@H](C)[C@@H]1O. The average Bonchev–Trinajstić information content (AvgIpc) is 3.49. The van der Waals surface area contributed by atoms with Crippen LogP contribution < -0.4 is 5.73 Å². The van der Waals surface area contributed by atoms with E-state index in [2.05, 4.69) is 42.3 Å². The molecular weight excluding hydrogens is 488 g/mol. The van der Waals surface area contributed by atoms with Crippen molar-refractivity contribution in [2.75, 3.05) is 11.5 Å². The highest BCUT2D eigenvalue weighted by Crippen LogP contribution is 2.68. The number of aliphatic hydroxyl groups excluding tert-OH is 1. The fourth-order valence-electron chi connectivity index (χ4n) is 7.83. The number of anilines is 1. The van der Waals surface area contributed by atoms with Crippen molar-refractivity contribution in [3.05, 3.63) is 24.9 Å². The highest BCUT2D eigenvalue weighted by Gasteiger charge is 2.68. The molecule has 8 nitrogen and oxygen atoms in total. The summed E-state index contributed by atoms with van der Waals surface area (Å²) in [4.78, 5) is 38.6. The number of nitrogen functional groups attached to an aromatic ring is 1. The fourth-order valence-corrected chi connectivity index (χ4v) is 8.46. The first-order valence-corrected chi connectivity index (χ1v) is 14.2. The van der Waals surface area contributed by atoms with E-state index in [9.17, 15) is 14.7 Å². The molecule has 0 amide bonds. The Labute approximate surface area is 222 Å². The largest absolute Gasteiger partial charge is 0.461 e. The van der Waals surface area contributed by atoms with Gasteiger partial charge in [-0.05, 0) is 49.0 Å². The predicted octanol–water partition coefficient (Wildman–Crippen LogP) is 4.54. The molecule has 2 heterocycles. The zero-order chi connectivity index (χ0) is 26.8. The molecule has 0 spiro atoms. The van der Waals surface area contributed by atoms with Crippen LogP contribution >= 0.6 is 11.8 Å². The van der Waals surface area contributed by atoms with Gasteiger partial charge in [0.15, 0.2) is 5.16 Å². The van der Waals surface area contributed by atoms with Crippen LogP contribution in [-0.4, -0.2) is 49.8 Å². The molecule has 0 aliphatic heterocycles. The lowest BCUT2D eigenvalue weighted by molar-refractivity contribution is -0.205.